The highest BCUT2D eigenvalue weighted by Crippen LogP contribution is 2.14. The Labute approximate surface area is 243 Å². The lowest BCUT2D eigenvalue weighted by Crippen LogP contribution is -2.50. The molecule has 0 unspecified atom stereocenters. The SMILES string of the molecule is CC(C)(C)OC(=O)N[C@@H]1CCCN(C(=O)OCc2ccccc2)C1.N[C@@H]1CCCN(C(=O)OCc2ccccc2)C1. The molecule has 0 aliphatic carbocycles. The molecule has 2 atom stereocenters. The van der Waals surface area contributed by atoms with Crippen molar-refractivity contribution in [3.8, 4) is 0 Å². The van der Waals surface area contributed by atoms with Crippen LogP contribution >= 0.6 is 0 Å². The van der Waals surface area contributed by atoms with Gasteiger partial charge in [0.2, 0.25) is 0 Å². The number of likely N-dealkylation sites (tertiary alicyclic amines) is 2. The first-order valence-corrected chi connectivity index (χ1v) is 14.3. The minimum Gasteiger partial charge on any atom is -0.445 e. The lowest BCUT2D eigenvalue weighted by Gasteiger charge is -2.33. The van der Waals surface area contributed by atoms with Crippen LogP contribution in [0, 0.1) is 0 Å². The average Bonchev–Trinajstić information content (AvgIpc) is 2.95. The zero-order valence-electron chi connectivity index (χ0n) is 24.4. The average molecular weight is 569 g/mol. The molecular formula is C31H44N4O6. The molecule has 0 radical (unpaired) electrons. The predicted octanol–water partition coefficient (Wildman–Crippen LogP) is 5.06. The zero-order valence-corrected chi connectivity index (χ0v) is 24.4. The fraction of sp³-hybridized carbons (Fsp3) is 0.516. The van der Waals surface area contributed by atoms with Crippen molar-refractivity contribution in [2.45, 2.75) is 77.4 Å². The van der Waals surface area contributed by atoms with Crippen molar-refractivity contribution >= 4 is 18.3 Å². The Morgan fingerprint density at radius 3 is 1.78 bits per heavy atom. The van der Waals surface area contributed by atoms with Crippen molar-refractivity contribution in [1.29, 1.82) is 0 Å². The number of hydrogen-bond donors (Lipinski definition) is 2. The molecule has 0 saturated carbocycles. The summed E-state index contributed by atoms with van der Waals surface area (Å²) < 4.78 is 15.8. The molecule has 2 saturated heterocycles. The maximum Gasteiger partial charge on any atom is 0.410 e. The molecule has 3 N–H and O–H groups in total. The number of amides is 3. The Balaban J connectivity index is 0.000000239. The summed E-state index contributed by atoms with van der Waals surface area (Å²) in [6.45, 7) is 8.47. The van der Waals surface area contributed by atoms with E-state index in [1.165, 1.54) is 0 Å². The smallest absolute Gasteiger partial charge is 0.410 e. The van der Waals surface area contributed by atoms with Crippen LogP contribution in [0.15, 0.2) is 60.7 Å². The van der Waals surface area contributed by atoms with Gasteiger partial charge in [0, 0.05) is 38.3 Å². The van der Waals surface area contributed by atoms with Gasteiger partial charge >= 0.3 is 18.3 Å². The standard InChI is InChI=1S/C18H26N2O4.C13H18N2O2/c1-18(2,3)24-16(21)19-15-10-7-11-20(12-15)17(22)23-13-14-8-5-4-6-9-14;14-12-7-4-8-15(9-12)13(16)17-10-11-5-2-1-3-6-11/h4-6,8-9,15H,7,10-13H2,1-3H3,(H,19,21);1-3,5-6,12H,4,7-10,14H2/t15-;12-/m11/s1. The molecule has 2 fully saturated rings. The van der Waals surface area contributed by atoms with E-state index in [1.54, 1.807) is 9.80 Å². The largest absolute Gasteiger partial charge is 0.445 e. The molecule has 2 heterocycles. The van der Waals surface area contributed by atoms with Crippen molar-refractivity contribution < 1.29 is 28.6 Å². The van der Waals surface area contributed by atoms with E-state index in [2.05, 4.69) is 5.32 Å². The van der Waals surface area contributed by atoms with Gasteiger partial charge in [0.25, 0.3) is 0 Å². The minimum atomic E-state index is -0.535. The first kappa shape index (κ1) is 31.7. The van der Waals surface area contributed by atoms with Crippen LogP contribution in [0.3, 0.4) is 0 Å². The number of carbonyl (C=O) groups is 3. The highest BCUT2D eigenvalue weighted by Gasteiger charge is 2.27. The molecule has 0 aromatic heterocycles. The van der Waals surface area contributed by atoms with Crippen molar-refractivity contribution in [2.24, 2.45) is 5.73 Å². The molecule has 10 nitrogen and oxygen atoms in total. The summed E-state index contributed by atoms with van der Waals surface area (Å²) in [5.74, 6) is 0. The van der Waals surface area contributed by atoms with Crippen molar-refractivity contribution in [1.82, 2.24) is 15.1 Å². The lowest BCUT2D eigenvalue weighted by atomic mass is 10.1. The fourth-order valence-corrected chi connectivity index (χ4v) is 4.53. The first-order chi connectivity index (χ1) is 19.6. The van der Waals surface area contributed by atoms with Gasteiger partial charge < -0.3 is 35.1 Å². The van der Waals surface area contributed by atoms with E-state index >= 15 is 0 Å². The van der Waals surface area contributed by atoms with E-state index in [0.29, 0.717) is 26.2 Å². The molecule has 224 valence electrons. The third-order valence-electron chi connectivity index (χ3n) is 6.53. The van der Waals surface area contributed by atoms with Crippen LogP contribution in [0.4, 0.5) is 14.4 Å². The molecule has 2 aromatic carbocycles. The summed E-state index contributed by atoms with van der Waals surface area (Å²) in [7, 11) is 0. The number of nitrogens with two attached hydrogens (primary N) is 1. The van der Waals surface area contributed by atoms with Crippen LogP contribution in [-0.2, 0) is 27.4 Å². The lowest BCUT2D eigenvalue weighted by molar-refractivity contribution is 0.0450. The number of carbonyl (C=O) groups excluding carboxylic acids is 3. The maximum atomic E-state index is 12.2. The van der Waals surface area contributed by atoms with E-state index in [1.807, 2.05) is 81.4 Å². The van der Waals surface area contributed by atoms with Gasteiger partial charge in [-0.1, -0.05) is 60.7 Å². The highest BCUT2D eigenvalue weighted by atomic mass is 16.6. The maximum absolute atomic E-state index is 12.2. The predicted molar refractivity (Wildman–Crippen MR) is 156 cm³/mol. The van der Waals surface area contributed by atoms with Gasteiger partial charge in [-0.25, -0.2) is 14.4 Å². The second kappa shape index (κ2) is 15.9. The van der Waals surface area contributed by atoms with E-state index in [9.17, 15) is 14.4 Å². The number of benzene rings is 2. The number of piperidine rings is 2. The van der Waals surface area contributed by atoms with Crippen LogP contribution in [0.25, 0.3) is 0 Å². The van der Waals surface area contributed by atoms with E-state index in [0.717, 1.165) is 43.4 Å². The van der Waals surface area contributed by atoms with Gasteiger partial charge in [-0.2, -0.15) is 0 Å². The molecule has 3 amide bonds. The number of ether oxygens (including phenoxy) is 3. The summed E-state index contributed by atoms with van der Waals surface area (Å²) in [6.07, 6.45) is 2.53. The highest BCUT2D eigenvalue weighted by molar-refractivity contribution is 5.70. The summed E-state index contributed by atoms with van der Waals surface area (Å²) in [6, 6.07) is 19.2. The topological polar surface area (TPSA) is 123 Å². The molecule has 2 aliphatic rings. The van der Waals surface area contributed by atoms with Crippen molar-refractivity contribution in [2.75, 3.05) is 26.2 Å². The van der Waals surface area contributed by atoms with Crippen LogP contribution < -0.4 is 11.1 Å². The molecule has 0 spiro atoms. The first-order valence-electron chi connectivity index (χ1n) is 14.3. The van der Waals surface area contributed by atoms with Crippen LogP contribution in [0.5, 0.6) is 0 Å². The van der Waals surface area contributed by atoms with E-state index < -0.39 is 11.7 Å². The third kappa shape index (κ3) is 12.1. The van der Waals surface area contributed by atoms with Gasteiger partial charge in [0.1, 0.15) is 18.8 Å². The molecule has 10 heteroatoms. The van der Waals surface area contributed by atoms with E-state index in [4.69, 9.17) is 19.9 Å². The minimum absolute atomic E-state index is 0.0908. The molecule has 4 rings (SSSR count). The van der Waals surface area contributed by atoms with Crippen molar-refractivity contribution in [3.05, 3.63) is 71.8 Å². The Hall–Kier alpha value is -3.79. The Bertz CT molecular complexity index is 1090. The summed E-state index contributed by atoms with van der Waals surface area (Å²) in [5.41, 5.74) is 7.24. The molecule has 2 aromatic rings. The Morgan fingerprint density at radius 1 is 0.805 bits per heavy atom. The molecular weight excluding hydrogens is 524 g/mol. The van der Waals surface area contributed by atoms with E-state index in [-0.39, 0.29) is 30.9 Å². The zero-order chi connectivity index (χ0) is 29.7. The second-order valence-corrected chi connectivity index (χ2v) is 11.4. The molecule has 41 heavy (non-hydrogen) atoms. The summed E-state index contributed by atoms with van der Waals surface area (Å²) >= 11 is 0. The normalized spacial score (nSPS) is 18.8. The number of alkyl carbamates (subject to hydrolysis) is 1. The van der Waals surface area contributed by atoms with Crippen LogP contribution in [-0.4, -0.2) is 71.9 Å². The number of nitrogens with one attached hydrogen (secondary N) is 1. The van der Waals surface area contributed by atoms with Crippen molar-refractivity contribution in [3.63, 3.8) is 0 Å². The van der Waals surface area contributed by atoms with Gasteiger partial charge in [-0.15, -0.1) is 0 Å². The van der Waals surface area contributed by atoms with Crippen LogP contribution in [0.2, 0.25) is 0 Å². The Kier molecular flexibility index (Phi) is 12.3. The summed E-state index contributed by atoms with van der Waals surface area (Å²) in [4.78, 5) is 39.1. The van der Waals surface area contributed by atoms with Gasteiger partial charge in [0.05, 0.1) is 0 Å². The molecule has 2 aliphatic heterocycles. The number of hydrogen-bond acceptors (Lipinski definition) is 7. The fourth-order valence-electron chi connectivity index (χ4n) is 4.53. The van der Waals surface area contributed by atoms with Gasteiger partial charge in [-0.3, -0.25) is 0 Å². The monoisotopic (exact) mass is 568 g/mol. The second-order valence-electron chi connectivity index (χ2n) is 11.4. The Morgan fingerprint density at radius 2 is 1.29 bits per heavy atom. The van der Waals surface area contributed by atoms with Gasteiger partial charge in [0.15, 0.2) is 0 Å². The number of nitrogens with zero attached hydrogens (tertiary/aromatic N) is 2. The third-order valence-corrected chi connectivity index (χ3v) is 6.53. The number of rotatable bonds is 5. The van der Waals surface area contributed by atoms with Crippen LogP contribution in [0.1, 0.15) is 57.6 Å². The van der Waals surface area contributed by atoms with Gasteiger partial charge in [-0.05, 0) is 57.6 Å². The quantitative estimate of drug-likeness (QED) is 0.483. The summed E-state index contributed by atoms with van der Waals surface area (Å²) in [5, 5.41) is 2.82. The molecule has 0 bridgehead atoms.